The fourth-order valence-corrected chi connectivity index (χ4v) is 4.67. The molecule has 3 heterocycles. The molecule has 0 aromatic carbocycles. The number of hydrogen-bond donors (Lipinski definition) is 1. The quantitative estimate of drug-likeness (QED) is 0.706. The van der Waals surface area contributed by atoms with E-state index in [1.165, 1.54) is 0 Å². The summed E-state index contributed by atoms with van der Waals surface area (Å²) in [6.07, 6.45) is 8.18. The molecule has 2 aromatic heterocycles. The molecule has 0 unspecified atom stereocenters. The van der Waals surface area contributed by atoms with Crippen molar-refractivity contribution in [3.63, 3.8) is 0 Å². The summed E-state index contributed by atoms with van der Waals surface area (Å²) < 4.78 is 3.09. The number of Topliss-reactive ketones (excluding diaryl/α,β-unsaturated/α-hetero) is 1. The van der Waals surface area contributed by atoms with Crippen LogP contribution in [0.15, 0.2) is 18.6 Å². The van der Waals surface area contributed by atoms with E-state index in [1.807, 2.05) is 23.7 Å². The highest BCUT2D eigenvalue weighted by atomic mass is 127. The fourth-order valence-electron chi connectivity index (χ4n) is 4.13. The minimum atomic E-state index is -0.00967. The topological polar surface area (TPSA) is 76.5 Å². The molecule has 2 atom stereocenters. The van der Waals surface area contributed by atoms with Crippen molar-refractivity contribution in [3.05, 3.63) is 22.2 Å². The number of hydrogen-bond acceptors (Lipinski definition) is 5. The summed E-state index contributed by atoms with van der Waals surface area (Å²) in [5, 5.41) is 0. The van der Waals surface area contributed by atoms with Crippen molar-refractivity contribution < 1.29 is 4.79 Å². The number of nitrogens with zero attached hydrogens (tertiary/aromatic N) is 4. The van der Waals surface area contributed by atoms with Crippen LogP contribution in [0.1, 0.15) is 26.2 Å². The summed E-state index contributed by atoms with van der Waals surface area (Å²) >= 11 is 2.26. The summed E-state index contributed by atoms with van der Waals surface area (Å²) in [5.74, 6) is 1.26. The Balaban J connectivity index is 1.59. The van der Waals surface area contributed by atoms with Crippen molar-refractivity contribution in [2.75, 3.05) is 18.0 Å². The molecule has 23 heavy (non-hydrogen) atoms. The number of aromatic nitrogens is 3. The van der Waals surface area contributed by atoms with Crippen molar-refractivity contribution >= 4 is 40.0 Å². The van der Waals surface area contributed by atoms with Gasteiger partial charge in [-0.3, -0.25) is 9.20 Å². The molecule has 4 rings (SSSR count). The third-order valence-electron chi connectivity index (χ3n) is 5.69. The van der Waals surface area contributed by atoms with Gasteiger partial charge < -0.3 is 10.6 Å². The molecule has 7 heteroatoms. The van der Waals surface area contributed by atoms with Gasteiger partial charge in [-0.1, -0.05) is 6.92 Å². The zero-order valence-corrected chi connectivity index (χ0v) is 15.2. The van der Waals surface area contributed by atoms with Gasteiger partial charge in [-0.05, 0) is 40.8 Å². The normalized spacial score (nSPS) is 27.3. The van der Waals surface area contributed by atoms with Gasteiger partial charge in [0, 0.05) is 50.1 Å². The second-order valence-corrected chi connectivity index (χ2v) is 8.00. The molecule has 6 nitrogen and oxygen atoms in total. The van der Waals surface area contributed by atoms with Crippen molar-refractivity contribution in [3.8, 4) is 0 Å². The van der Waals surface area contributed by atoms with E-state index in [4.69, 9.17) is 5.73 Å². The molecule has 1 spiro atoms. The first-order chi connectivity index (χ1) is 11.0. The summed E-state index contributed by atoms with van der Waals surface area (Å²) in [4.78, 5) is 23.4. The molecule has 0 radical (unpaired) electrons. The van der Waals surface area contributed by atoms with Crippen molar-refractivity contribution in [2.45, 2.75) is 32.2 Å². The van der Waals surface area contributed by atoms with Crippen LogP contribution >= 0.6 is 22.6 Å². The lowest BCUT2D eigenvalue weighted by molar-refractivity contribution is -0.120. The third-order valence-corrected chi connectivity index (χ3v) is 6.45. The second-order valence-electron chi connectivity index (χ2n) is 6.83. The largest absolute Gasteiger partial charge is 0.342 e. The molecular formula is C16H20IN5O. The number of nitrogens with two attached hydrogens (primary N) is 1. The minimum absolute atomic E-state index is 0.00154. The van der Waals surface area contributed by atoms with Gasteiger partial charge in [0.1, 0.15) is 5.78 Å². The number of ketones is 1. The fraction of sp³-hybridized carbons (Fsp3) is 0.562. The molecule has 0 bridgehead atoms. The minimum Gasteiger partial charge on any atom is -0.342 e. The van der Waals surface area contributed by atoms with E-state index in [9.17, 15) is 4.79 Å². The Hall–Kier alpha value is -1.22. The van der Waals surface area contributed by atoms with E-state index < -0.39 is 0 Å². The van der Waals surface area contributed by atoms with E-state index in [-0.39, 0.29) is 17.4 Å². The lowest BCUT2D eigenvalue weighted by atomic mass is 9.73. The molecule has 1 aliphatic heterocycles. The first-order valence-corrected chi connectivity index (χ1v) is 9.10. The van der Waals surface area contributed by atoms with Crippen LogP contribution in [0.25, 0.3) is 5.65 Å². The first-order valence-electron chi connectivity index (χ1n) is 8.03. The molecule has 2 fully saturated rings. The lowest BCUT2D eigenvalue weighted by Crippen LogP contribution is -2.49. The molecule has 2 N–H and O–H groups in total. The van der Waals surface area contributed by atoms with Crippen LogP contribution in [-0.2, 0) is 4.79 Å². The van der Waals surface area contributed by atoms with E-state index in [0.29, 0.717) is 12.2 Å². The average molecular weight is 425 g/mol. The summed E-state index contributed by atoms with van der Waals surface area (Å²) in [5.41, 5.74) is 7.32. The van der Waals surface area contributed by atoms with Gasteiger partial charge in [-0.15, -0.1) is 0 Å². The van der Waals surface area contributed by atoms with E-state index >= 15 is 0 Å². The van der Waals surface area contributed by atoms with Crippen LogP contribution < -0.4 is 10.6 Å². The highest BCUT2D eigenvalue weighted by Crippen LogP contribution is 2.46. The van der Waals surface area contributed by atoms with Crippen LogP contribution in [0.4, 0.5) is 5.95 Å². The van der Waals surface area contributed by atoms with Gasteiger partial charge in [0.05, 0.1) is 3.57 Å². The van der Waals surface area contributed by atoms with Crippen molar-refractivity contribution in [1.29, 1.82) is 0 Å². The maximum atomic E-state index is 12.1. The van der Waals surface area contributed by atoms with Crippen LogP contribution in [-0.4, -0.2) is 39.3 Å². The van der Waals surface area contributed by atoms with Gasteiger partial charge in [0.15, 0.2) is 5.65 Å². The maximum absolute atomic E-state index is 12.1. The Labute approximate surface area is 148 Å². The number of anilines is 1. The predicted octanol–water partition coefficient (Wildman–Crippen LogP) is 1.86. The van der Waals surface area contributed by atoms with E-state index in [1.54, 1.807) is 6.20 Å². The number of piperidine rings is 1. The van der Waals surface area contributed by atoms with Gasteiger partial charge in [-0.25, -0.2) is 9.97 Å². The Morgan fingerprint density at radius 1 is 1.35 bits per heavy atom. The standard InChI is InChI=1S/C16H20IN5O/c1-10-12(23)8-16(13(10)18)2-5-21(6-3-16)15-20-9-11(17)14-19-4-7-22(14)15/h4,7,9-10,13H,2-3,5-6,8,18H2,1H3/t10-,13+/m1/s1. The molecule has 0 amide bonds. The highest BCUT2D eigenvalue weighted by Gasteiger charge is 2.50. The lowest BCUT2D eigenvalue weighted by Gasteiger charge is -2.42. The van der Waals surface area contributed by atoms with Crippen molar-refractivity contribution in [2.24, 2.45) is 17.1 Å². The summed E-state index contributed by atoms with van der Waals surface area (Å²) in [6.45, 7) is 3.74. The number of carbonyl (C=O) groups is 1. The van der Waals surface area contributed by atoms with Gasteiger partial charge in [0.2, 0.25) is 5.95 Å². The van der Waals surface area contributed by atoms with Gasteiger partial charge >= 0.3 is 0 Å². The smallest absolute Gasteiger partial charge is 0.211 e. The monoisotopic (exact) mass is 425 g/mol. The Morgan fingerprint density at radius 2 is 2.09 bits per heavy atom. The van der Waals surface area contributed by atoms with Crippen LogP contribution in [0.5, 0.6) is 0 Å². The first kappa shape index (κ1) is 15.3. The molecule has 1 saturated carbocycles. The number of halogens is 1. The zero-order valence-electron chi connectivity index (χ0n) is 13.1. The highest BCUT2D eigenvalue weighted by molar-refractivity contribution is 14.1. The molecular weight excluding hydrogens is 405 g/mol. The Bertz CT molecular complexity index is 765. The predicted molar refractivity (Wildman–Crippen MR) is 96.3 cm³/mol. The van der Waals surface area contributed by atoms with E-state index in [0.717, 1.165) is 41.1 Å². The van der Waals surface area contributed by atoms with Crippen LogP contribution in [0.2, 0.25) is 0 Å². The zero-order chi connectivity index (χ0) is 16.2. The van der Waals surface area contributed by atoms with Crippen molar-refractivity contribution in [1.82, 2.24) is 14.4 Å². The summed E-state index contributed by atoms with van der Waals surface area (Å²) in [7, 11) is 0. The second kappa shape index (κ2) is 5.41. The Morgan fingerprint density at radius 3 is 2.74 bits per heavy atom. The summed E-state index contributed by atoms with van der Waals surface area (Å²) in [6, 6.07) is -0.00454. The van der Waals surface area contributed by atoms with Gasteiger partial charge in [-0.2, -0.15) is 0 Å². The number of rotatable bonds is 1. The molecule has 1 saturated heterocycles. The third kappa shape index (κ3) is 2.27. The van der Waals surface area contributed by atoms with Crippen LogP contribution in [0.3, 0.4) is 0 Å². The SMILES string of the molecule is C[C@@H]1C(=O)CC2(CCN(c3ncc(I)c4nccn34)CC2)[C@H]1N. The maximum Gasteiger partial charge on any atom is 0.211 e. The molecule has 122 valence electrons. The van der Waals surface area contributed by atoms with Gasteiger partial charge in [0.25, 0.3) is 0 Å². The number of imidazole rings is 1. The van der Waals surface area contributed by atoms with E-state index in [2.05, 4.69) is 37.5 Å². The molecule has 2 aromatic rings. The molecule has 1 aliphatic carbocycles. The van der Waals surface area contributed by atoms with Crippen LogP contribution in [0, 0.1) is 14.9 Å². The number of carbonyl (C=O) groups excluding carboxylic acids is 1. The molecule has 2 aliphatic rings. The average Bonchev–Trinajstić information content (AvgIpc) is 3.11. The Kier molecular flexibility index (Phi) is 3.60. The number of fused-ring (bicyclic) bond motifs is 1.